The van der Waals surface area contributed by atoms with Crippen LogP contribution < -0.4 is 5.32 Å². The highest BCUT2D eigenvalue weighted by Crippen LogP contribution is 2.20. The lowest BCUT2D eigenvalue weighted by Gasteiger charge is -2.22. The summed E-state index contributed by atoms with van der Waals surface area (Å²) in [5, 5.41) is 12.5. The zero-order chi connectivity index (χ0) is 17.1. The highest BCUT2D eigenvalue weighted by Gasteiger charge is 2.37. The molecular weight excluding hydrogens is 310 g/mol. The van der Waals surface area contributed by atoms with E-state index in [-0.39, 0.29) is 24.8 Å². The van der Waals surface area contributed by atoms with Gasteiger partial charge in [-0.2, -0.15) is 0 Å². The number of β-amino-alcohol motifs (C(OH)–C–C–N with tert-alkyl or cyclic N) is 1. The molecule has 1 aromatic heterocycles. The Bertz CT molecular complexity index is 712. The first-order valence-corrected chi connectivity index (χ1v) is 7.75. The number of likely N-dealkylation sites (tertiary alicyclic amines) is 1. The first kappa shape index (κ1) is 16.2. The number of carbonyl (C=O) groups is 2. The van der Waals surface area contributed by atoms with Crippen molar-refractivity contribution in [1.82, 2.24) is 15.2 Å². The van der Waals surface area contributed by atoms with E-state index in [1.165, 1.54) is 18.2 Å². The van der Waals surface area contributed by atoms with E-state index < -0.39 is 12.1 Å². The lowest BCUT2D eigenvalue weighted by molar-refractivity contribution is -0.137. The summed E-state index contributed by atoms with van der Waals surface area (Å²) in [5.74, 6) is 0.229. The Morgan fingerprint density at radius 1 is 1.38 bits per heavy atom. The van der Waals surface area contributed by atoms with Crippen LogP contribution in [0.25, 0.3) is 11.3 Å². The van der Waals surface area contributed by atoms with Gasteiger partial charge in [0.15, 0.2) is 12.2 Å². The zero-order valence-electron chi connectivity index (χ0n) is 13.3. The number of aliphatic hydroxyl groups is 1. The minimum atomic E-state index is -0.647. The maximum atomic E-state index is 12.3. The number of nitrogens with zero attached hydrogens (tertiary/aromatic N) is 2. The van der Waals surface area contributed by atoms with Crippen LogP contribution in [-0.4, -0.2) is 45.5 Å². The number of hydrogen-bond acceptors (Lipinski definition) is 5. The average Bonchev–Trinajstić information content (AvgIpc) is 3.22. The third kappa shape index (κ3) is 3.46. The van der Waals surface area contributed by atoms with E-state index in [9.17, 15) is 14.7 Å². The SMILES string of the molecule is CC(=O)N1C[C@H](O)C[C@H]1C(=O)NCc1ccc(-c2cnco2)cc1. The molecule has 2 atom stereocenters. The van der Waals surface area contributed by atoms with E-state index in [2.05, 4.69) is 10.3 Å². The summed E-state index contributed by atoms with van der Waals surface area (Å²) in [5.41, 5.74) is 1.84. The molecule has 7 nitrogen and oxygen atoms in total. The van der Waals surface area contributed by atoms with Crippen LogP contribution in [0.2, 0.25) is 0 Å². The van der Waals surface area contributed by atoms with Crippen molar-refractivity contribution in [2.24, 2.45) is 0 Å². The van der Waals surface area contributed by atoms with E-state index in [1.807, 2.05) is 24.3 Å². The third-order valence-corrected chi connectivity index (χ3v) is 4.12. The van der Waals surface area contributed by atoms with E-state index in [1.54, 1.807) is 6.20 Å². The molecule has 0 spiro atoms. The van der Waals surface area contributed by atoms with Crippen LogP contribution >= 0.6 is 0 Å². The minimum Gasteiger partial charge on any atom is -0.444 e. The van der Waals surface area contributed by atoms with Gasteiger partial charge in [-0.25, -0.2) is 4.98 Å². The Hall–Kier alpha value is -2.67. The van der Waals surface area contributed by atoms with Gasteiger partial charge in [0.05, 0.1) is 12.3 Å². The fourth-order valence-electron chi connectivity index (χ4n) is 2.86. The van der Waals surface area contributed by atoms with Crippen molar-refractivity contribution < 1.29 is 19.1 Å². The summed E-state index contributed by atoms with van der Waals surface area (Å²) in [6.45, 7) is 1.97. The maximum absolute atomic E-state index is 12.3. The summed E-state index contributed by atoms with van der Waals surface area (Å²) in [6, 6.07) is 6.96. The normalized spacial score (nSPS) is 20.2. The molecule has 1 fully saturated rings. The second-order valence-corrected chi connectivity index (χ2v) is 5.86. The summed E-state index contributed by atoms with van der Waals surface area (Å²) < 4.78 is 5.23. The molecule has 1 aromatic carbocycles. The molecule has 126 valence electrons. The number of rotatable bonds is 4. The van der Waals surface area contributed by atoms with Crippen LogP contribution in [0.4, 0.5) is 0 Å². The Morgan fingerprint density at radius 2 is 2.12 bits per heavy atom. The summed E-state index contributed by atoms with van der Waals surface area (Å²) >= 11 is 0. The van der Waals surface area contributed by atoms with Gasteiger partial charge >= 0.3 is 0 Å². The molecule has 2 aromatic rings. The number of hydrogen-bond donors (Lipinski definition) is 2. The Kier molecular flexibility index (Phi) is 4.61. The molecule has 0 radical (unpaired) electrons. The molecule has 2 N–H and O–H groups in total. The summed E-state index contributed by atoms with van der Waals surface area (Å²) in [6.07, 6.45) is 2.64. The van der Waals surface area contributed by atoms with Crippen molar-refractivity contribution in [2.45, 2.75) is 32.0 Å². The molecule has 7 heteroatoms. The molecule has 3 rings (SSSR count). The van der Waals surface area contributed by atoms with Gasteiger partial charge in [0.25, 0.3) is 0 Å². The highest BCUT2D eigenvalue weighted by atomic mass is 16.3. The fourth-order valence-corrected chi connectivity index (χ4v) is 2.86. The smallest absolute Gasteiger partial charge is 0.243 e. The van der Waals surface area contributed by atoms with E-state index in [0.717, 1.165) is 11.1 Å². The van der Waals surface area contributed by atoms with Gasteiger partial charge in [0.2, 0.25) is 11.8 Å². The van der Waals surface area contributed by atoms with Gasteiger partial charge in [0.1, 0.15) is 6.04 Å². The van der Waals surface area contributed by atoms with Crippen LogP contribution in [0.15, 0.2) is 41.3 Å². The van der Waals surface area contributed by atoms with Crippen molar-refractivity contribution in [3.8, 4) is 11.3 Å². The number of aliphatic hydroxyl groups excluding tert-OH is 1. The molecule has 1 aliphatic heterocycles. The lowest BCUT2D eigenvalue weighted by Crippen LogP contribution is -2.44. The molecule has 0 aliphatic carbocycles. The molecule has 2 amide bonds. The first-order valence-electron chi connectivity index (χ1n) is 7.75. The van der Waals surface area contributed by atoms with Gasteiger partial charge in [-0.15, -0.1) is 0 Å². The first-order chi connectivity index (χ1) is 11.5. The maximum Gasteiger partial charge on any atom is 0.243 e. The van der Waals surface area contributed by atoms with Crippen LogP contribution in [-0.2, 0) is 16.1 Å². The summed E-state index contributed by atoms with van der Waals surface area (Å²) in [7, 11) is 0. The lowest BCUT2D eigenvalue weighted by atomic mass is 10.1. The van der Waals surface area contributed by atoms with Crippen LogP contribution in [0.1, 0.15) is 18.9 Å². The standard InChI is InChI=1S/C17H19N3O4/c1-11(21)20-9-14(22)6-15(20)17(23)19-7-12-2-4-13(5-3-12)16-8-18-10-24-16/h2-5,8,10,14-15,22H,6-7,9H2,1H3,(H,19,23)/t14-,15+/m1/s1. The van der Waals surface area contributed by atoms with Crippen LogP contribution in [0, 0.1) is 0 Å². The number of nitrogens with one attached hydrogen (secondary N) is 1. The Morgan fingerprint density at radius 3 is 2.75 bits per heavy atom. The Labute approximate surface area is 139 Å². The number of benzene rings is 1. The second kappa shape index (κ2) is 6.84. The molecule has 1 saturated heterocycles. The number of carbonyl (C=O) groups excluding carboxylic acids is 2. The van der Waals surface area contributed by atoms with E-state index in [0.29, 0.717) is 12.3 Å². The fraction of sp³-hybridized carbons (Fsp3) is 0.353. The molecule has 0 unspecified atom stereocenters. The van der Waals surface area contributed by atoms with Gasteiger partial charge in [-0.1, -0.05) is 24.3 Å². The average molecular weight is 329 g/mol. The molecular formula is C17H19N3O4. The summed E-state index contributed by atoms with van der Waals surface area (Å²) in [4.78, 5) is 29.1. The monoisotopic (exact) mass is 329 g/mol. The van der Waals surface area contributed by atoms with Gasteiger partial charge in [-0.05, 0) is 5.56 Å². The molecule has 1 aliphatic rings. The van der Waals surface area contributed by atoms with Gasteiger partial charge < -0.3 is 19.7 Å². The van der Waals surface area contributed by atoms with Crippen LogP contribution in [0.3, 0.4) is 0 Å². The van der Waals surface area contributed by atoms with Gasteiger partial charge in [-0.3, -0.25) is 9.59 Å². The zero-order valence-corrected chi connectivity index (χ0v) is 13.3. The molecule has 0 bridgehead atoms. The molecule has 0 saturated carbocycles. The molecule has 2 heterocycles. The molecule has 24 heavy (non-hydrogen) atoms. The van der Waals surface area contributed by atoms with Crippen molar-refractivity contribution in [3.05, 3.63) is 42.4 Å². The van der Waals surface area contributed by atoms with Crippen molar-refractivity contribution in [3.63, 3.8) is 0 Å². The predicted octanol–water partition coefficient (Wildman–Crippen LogP) is 0.939. The van der Waals surface area contributed by atoms with E-state index in [4.69, 9.17) is 4.42 Å². The van der Waals surface area contributed by atoms with Crippen molar-refractivity contribution in [1.29, 1.82) is 0 Å². The van der Waals surface area contributed by atoms with Gasteiger partial charge in [0, 0.05) is 32.0 Å². The highest BCUT2D eigenvalue weighted by molar-refractivity contribution is 5.87. The second-order valence-electron chi connectivity index (χ2n) is 5.86. The quantitative estimate of drug-likeness (QED) is 0.870. The largest absolute Gasteiger partial charge is 0.444 e. The van der Waals surface area contributed by atoms with Crippen LogP contribution in [0.5, 0.6) is 0 Å². The van der Waals surface area contributed by atoms with Crippen molar-refractivity contribution in [2.75, 3.05) is 6.54 Å². The predicted molar refractivity (Wildman–Crippen MR) is 85.6 cm³/mol. The Balaban J connectivity index is 1.59. The number of amides is 2. The van der Waals surface area contributed by atoms with Crippen molar-refractivity contribution >= 4 is 11.8 Å². The minimum absolute atomic E-state index is 0.205. The number of aromatic nitrogens is 1. The number of oxazole rings is 1. The van der Waals surface area contributed by atoms with E-state index >= 15 is 0 Å². The topological polar surface area (TPSA) is 95.7 Å². The third-order valence-electron chi connectivity index (χ3n) is 4.12.